The minimum Gasteiger partial charge on any atom is -0.478 e. The van der Waals surface area contributed by atoms with Crippen molar-refractivity contribution in [1.82, 2.24) is 0 Å². The quantitative estimate of drug-likeness (QED) is 0.0477. The number of aromatic carboxylic acids is 2. The second-order valence-electron chi connectivity index (χ2n) is 15.8. The smallest absolute Gasteiger partial charge is 0.335 e. The first-order valence-electron chi connectivity index (χ1n) is 22.0. The van der Waals surface area contributed by atoms with Crippen molar-refractivity contribution < 1.29 is 41.4 Å². The van der Waals surface area contributed by atoms with E-state index in [4.69, 9.17) is 21.8 Å². The van der Waals surface area contributed by atoms with Crippen LogP contribution in [0.25, 0.3) is 0 Å². The number of aryl methyl sites for hydroxylation is 4. The number of rotatable bonds is 22. The summed E-state index contributed by atoms with van der Waals surface area (Å²) in [5.41, 5.74) is 6.91. The van der Waals surface area contributed by atoms with Gasteiger partial charge in [0, 0.05) is 36.4 Å². The number of hydrogen-bond acceptors (Lipinski definition) is 8. The zero-order valence-electron chi connectivity index (χ0n) is 37.5. The topological polar surface area (TPSA) is 187 Å². The van der Waals surface area contributed by atoms with Gasteiger partial charge in [0.1, 0.15) is 0 Å². The third-order valence-corrected chi connectivity index (χ3v) is 14.7. The number of carbonyl (C=O) groups excluding carboxylic acids is 1. The first kappa shape index (κ1) is 51.5. The van der Waals surface area contributed by atoms with E-state index in [9.17, 15) is 31.2 Å². The number of sulfonamides is 1. The Bertz CT molecular complexity index is 2800. The minimum absolute atomic E-state index is 0.0577. The van der Waals surface area contributed by atoms with Gasteiger partial charge in [-0.3, -0.25) is 9.10 Å². The largest absolute Gasteiger partial charge is 0.478 e. The Morgan fingerprint density at radius 3 is 1.67 bits per heavy atom. The van der Waals surface area contributed by atoms with E-state index in [0.717, 1.165) is 53.6 Å². The second kappa shape index (κ2) is 24.9. The molecule has 0 saturated heterocycles. The molecular formula is C52H56ClN3O9S2. The molecule has 0 aliphatic heterocycles. The number of unbranched alkanes of at least 4 members (excludes halogenated alkanes) is 2. The molecule has 0 atom stereocenters. The van der Waals surface area contributed by atoms with Crippen molar-refractivity contribution in [2.24, 2.45) is 0 Å². The molecule has 4 N–H and O–H groups in total. The van der Waals surface area contributed by atoms with Crippen LogP contribution >= 0.6 is 11.6 Å². The fourth-order valence-electron chi connectivity index (χ4n) is 7.17. The highest BCUT2D eigenvalue weighted by atomic mass is 35.5. The minimum atomic E-state index is -3.75. The summed E-state index contributed by atoms with van der Waals surface area (Å²) in [6.07, 6.45) is 5.72. The van der Waals surface area contributed by atoms with Crippen LogP contribution in [0.5, 0.6) is 0 Å². The van der Waals surface area contributed by atoms with E-state index in [1.165, 1.54) is 35.5 Å². The molecule has 0 fully saturated rings. The van der Waals surface area contributed by atoms with Crippen LogP contribution in [0.1, 0.15) is 82.5 Å². The molecule has 6 aromatic rings. The SMILES string of the molecule is CC(=O)Nc1ccc(S(=O)(=O)CCCCNc2ccccc2CCc2ccc(C(=O)O)cc2)cc1.CCCCN(c1ccccc1CCc1ccc(C(=O)O)cc1)S(=O)(=O)c1ccc(Cl)cc1. The summed E-state index contributed by atoms with van der Waals surface area (Å²) in [5, 5.41) is 24.6. The first-order valence-corrected chi connectivity index (χ1v) is 25.5. The number of amides is 1. The lowest BCUT2D eigenvalue weighted by Gasteiger charge is -2.27. The number of nitrogens with one attached hydrogen (secondary N) is 2. The maximum absolute atomic E-state index is 13.5. The van der Waals surface area contributed by atoms with Crippen molar-refractivity contribution in [3.8, 4) is 0 Å². The third kappa shape index (κ3) is 15.6. The summed E-state index contributed by atoms with van der Waals surface area (Å²) in [7, 11) is -7.14. The number of anilines is 3. The van der Waals surface area contributed by atoms with Gasteiger partial charge in [-0.15, -0.1) is 0 Å². The monoisotopic (exact) mass is 965 g/mol. The Morgan fingerprint density at radius 1 is 0.597 bits per heavy atom. The number of carbonyl (C=O) groups is 3. The lowest BCUT2D eigenvalue weighted by Crippen LogP contribution is -2.32. The summed E-state index contributed by atoms with van der Waals surface area (Å²) in [4.78, 5) is 33.6. The predicted octanol–water partition coefficient (Wildman–Crippen LogP) is 10.6. The van der Waals surface area contributed by atoms with Crippen molar-refractivity contribution in [2.75, 3.05) is 33.8 Å². The Morgan fingerprint density at radius 2 is 1.12 bits per heavy atom. The molecular weight excluding hydrogens is 910 g/mol. The molecule has 15 heteroatoms. The zero-order valence-corrected chi connectivity index (χ0v) is 39.9. The fraction of sp³-hybridized carbons (Fsp3) is 0.250. The van der Waals surface area contributed by atoms with Crippen LogP contribution in [0.4, 0.5) is 17.1 Å². The highest BCUT2D eigenvalue weighted by Crippen LogP contribution is 2.30. The van der Waals surface area contributed by atoms with Crippen molar-refractivity contribution in [3.05, 3.63) is 184 Å². The van der Waals surface area contributed by atoms with E-state index in [0.29, 0.717) is 55.2 Å². The van der Waals surface area contributed by atoms with Gasteiger partial charge < -0.3 is 20.8 Å². The molecule has 6 aromatic carbocycles. The van der Waals surface area contributed by atoms with E-state index in [1.807, 2.05) is 61.5 Å². The van der Waals surface area contributed by atoms with Gasteiger partial charge in [-0.2, -0.15) is 0 Å². The van der Waals surface area contributed by atoms with Gasteiger partial charge in [0.05, 0.1) is 32.4 Å². The van der Waals surface area contributed by atoms with Gasteiger partial charge in [-0.25, -0.2) is 26.4 Å². The lowest BCUT2D eigenvalue weighted by atomic mass is 10.0. The number of carboxylic acid groups (broad SMARTS) is 2. The molecule has 0 aliphatic carbocycles. The van der Waals surface area contributed by atoms with Crippen molar-refractivity contribution in [2.45, 2.75) is 75.0 Å². The van der Waals surface area contributed by atoms with Crippen molar-refractivity contribution in [3.63, 3.8) is 0 Å². The van der Waals surface area contributed by atoms with Crippen LogP contribution in [0, 0.1) is 0 Å². The lowest BCUT2D eigenvalue weighted by molar-refractivity contribution is -0.114. The molecule has 352 valence electrons. The van der Waals surface area contributed by atoms with Gasteiger partial charge in [0.15, 0.2) is 9.84 Å². The normalized spacial score (nSPS) is 11.2. The van der Waals surface area contributed by atoms with Crippen LogP contribution in [0.15, 0.2) is 155 Å². The van der Waals surface area contributed by atoms with Crippen LogP contribution in [-0.4, -0.2) is 63.7 Å². The highest BCUT2D eigenvalue weighted by molar-refractivity contribution is 7.92. The molecule has 0 heterocycles. The standard InChI is InChI=1S/C27H30N2O5S.C25H26ClNO4S/c1-20(30)29-24-14-16-25(17-15-24)35(33,34)19-5-4-18-28-26-7-3-2-6-22(26)11-8-21-9-12-23(13-10-21)27(31)32;1-2-3-18-27(32(30,31)23-16-14-22(26)15-17-23)24-7-5-4-6-20(24)11-8-19-9-12-21(13-10-19)25(28)29/h2-3,6-7,9-10,12-17,28H,4-5,8,11,18-19H2,1H3,(H,29,30)(H,31,32);4-7,9-10,12-17H,2-3,8,11,18H2,1H3,(H,28,29). The average Bonchev–Trinajstić information content (AvgIpc) is 3.31. The summed E-state index contributed by atoms with van der Waals surface area (Å²) in [6.45, 7) is 4.46. The average molecular weight is 967 g/mol. The first-order chi connectivity index (χ1) is 32.1. The van der Waals surface area contributed by atoms with Gasteiger partial charge >= 0.3 is 11.9 Å². The number of carboxylic acids is 2. The summed E-state index contributed by atoms with van der Waals surface area (Å²) in [5.74, 6) is -2.04. The van der Waals surface area contributed by atoms with Crippen molar-refractivity contribution in [1.29, 1.82) is 0 Å². The number of nitrogens with zero attached hydrogens (tertiary/aromatic N) is 1. The Labute approximate surface area is 398 Å². The zero-order chi connectivity index (χ0) is 48.4. The number of sulfone groups is 1. The second-order valence-corrected chi connectivity index (χ2v) is 20.2. The number of benzene rings is 6. The van der Waals surface area contributed by atoms with E-state index in [2.05, 4.69) is 16.7 Å². The van der Waals surface area contributed by atoms with E-state index < -0.39 is 31.8 Å². The molecule has 1 amide bonds. The van der Waals surface area contributed by atoms with E-state index in [-0.39, 0.29) is 32.6 Å². The van der Waals surface area contributed by atoms with E-state index >= 15 is 0 Å². The maximum Gasteiger partial charge on any atom is 0.335 e. The molecule has 0 unspecified atom stereocenters. The molecule has 6 rings (SSSR count). The molecule has 12 nitrogen and oxygen atoms in total. The van der Waals surface area contributed by atoms with Gasteiger partial charge in [-0.1, -0.05) is 85.6 Å². The Kier molecular flexibility index (Phi) is 19.1. The van der Waals surface area contributed by atoms with Gasteiger partial charge in [0.25, 0.3) is 10.0 Å². The number of para-hydroxylation sites is 2. The summed E-state index contributed by atoms with van der Waals surface area (Å²) < 4.78 is 53.7. The molecule has 0 saturated carbocycles. The number of hydrogen-bond donors (Lipinski definition) is 4. The molecule has 0 radical (unpaired) electrons. The summed E-state index contributed by atoms with van der Waals surface area (Å²) in [6, 6.07) is 41.7. The highest BCUT2D eigenvalue weighted by Gasteiger charge is 2.26. The van der Waals surface area contributed by atoms with E-state index in [1.54, 1.807) is 60.7 Å². The Hall–Kier alpha value is -6.48. The Balaban J connectivity index is 0.000000252. The maximum atomic E-state index is 13.5. The van der Waals surface area contributed by atoms with Crippen LogP contribution < -0.4 is 14.9 Å². The van der Waals surface area contributed by atoms with Gasteiger partial charge in [0.2, 0.25) is 5.91 Å². The van der Waals surface area contributed by atoms with Crippen molar-refractivity contribution >= 4 is 66.4 Å². The molecule has 0 bridgehead atoms. The van der Waals surface area contributed by atoms with Gasteiger partial charge in [-0.05, 0) is 152 Å². The third-order valence-electron chi connectivity index (χ3n) is 10.9. The number of halogens is 1. The van der Waals surface area contributed by atoms with Crippen LogP contribution in [0.2, 0.25) is 5.02 Å². The summed E-state index contributed by atoms with van der Waals surface area (Å²) >= 11 is 5.95. The molecule has 0 spiro atoms. The molecule has 67 heavy (non-hydrogen) atoms. The fourth-order valence-corrected chi connectivity index (χ4v) is 10.2. The van der Waals surface area contributed by atoms with Crippen LogP contribution in [0.3, 0.4) is 0 Å². The predicted molar refractivity (Wildman–Crippen MR) is 266 cm³/mol. The van der Waals surface area contributed by atoms with Crippen LogP contribution in [-0.2, 0) is 50.3 Å². The molecule has 0 aromatic heterocycles. The molecule has 0 aliphatic rings.